The van der Waals surface area contributed by atoms with Crippen molar-refractivity contribution in [3.8, 4) is 5.75 Å². The zero-order valence-corrected chi connectivity index (χ0v) is 12.4. The lowest BCUT2D eigenvalue weighted by atomic mass is 9.87. The highest BCUT2D eigenvalue weighted by molar-refractivity contribution is 5.96. The van der Waals surface area contributed by atoms with Gasteiger partial charge in [-0.25, -0.2) is 4.79 Å². The Kier molecular flexibility index (Phi) is 3.83. The van der Waals surface area contributed by atoms with Gasteiger partial charge >= 0.3 is 5.97 Å². The molecule has 0 aromatic heterocycles. The van der Waals surface area contributed by atoms with E-state index in [1.54, 1.807) is 7.11 Å². The van der Waals surface area contributed by atoms with Crippen LogP contribution in [-0.2, 0) is 11.2 Å². The standard InChI is InChI=1S/C16H22O3/c1-6-9(2)13-8-12-10(3)7-11(4)15(18-5)14(12)16(17)19-13/h7,9,13H,6,8H2,1-5H3. The molecule has 0 radical (unpaired) electrons. The van der Waals surface area contributed by atoms with E-state index in [1.807, 2.05) is 6.92 Å². The third-order valence-electron chi connectivity index (χ3n) is 4.15. The average Bonchev–Trinajstić information content (AvgIpc) is 2.38. The van der Waals surface area contributed by atoms with Crippen molar-refractivity contribution in [3.63, 3.8) is 0 Å². The fourth-order valence-corrected chi connectivity index (χ4v) is 2.77. The first-order valence-electron chi connectivity index (χ1n) is 6.87. The van der Waals surface area contributed by atoms with Crippen LogP contribution in [0.5, 0.6) is 5.75 Å². The summed E-state index contributed by atoms with van der Waals surface area (Å²) in [6.07, 6.45) is 1.78. The van der Waals surface area contributed by atoms with Crippen molar-refractivity contribution < 1.29 is 14.3 Å². The van der Waals surface area contributed by atoms with Gasteiger partial charge in [0, 0.05) is 6.42 Å². The van der Waals surface area contributed by atoms with Crippen molar-refractivity contribution >= 4 is 5.97 Å². The lowest BCUT2D eigenvalue weighted by Crippen LogP contribution is -2.33. The summed E-state index contributed by atoms with van der Waals surface area (Å²) in [5.41, 5.74) is 3.85. The minimum Gasteiger partial charge on any atom is -0.496 e. The van der Waals surface area contributed by atoms with E-state index in [1.165, 1.54) is 0 Å². The number of cyclic esters (lactones) is 1. The van der Waals surface area contributed by atoms with Gasteiger partial charge < -0.3 is 9.47 Å². The summed E-state index contributed by atoms with van der Waals surface area (Å²) in [6, 6.07) is 2.09. The molecule has 0 fully saturated rings. The largest absolute Gasteiger partial charge is 0.496 e. The van der Waals surface area contributed by atoms with Crippen molar-refractivity contribution in [1.29, 1.82) is 0 Å². The number of aryl methyl sites for hydroxylation is 2. The summed E-state index contributed by atoms with van der Waals surface area (Å²) >= 11 is 0. The zero-order valence-electron chi connectivity index (χ0n) is 12.4. The maximum atomic E-state index is 12.3. The monoisotopic (exact) mass is 262 g/mol. The van der Waals surface area contributed by atoms with E-state index < -0.39 is 0 Å². The van der Waals surface area contributed by atoms with Gasteiger partial charge in [-0.05, 0) is 36.5 Å². The van der Waals surface area contributed by atoms with Crippen LogP contribution in [-0.4, -0.2) is 19.2 Å². The van der Waals surface area contributed by atoms with Crippen molar-refractivity contribution in [2.45, 2.75) is 46.6 Å². The second-order valence-electron chi connectivity index (χ2n) is 5.43. The minimum absolute atomic E-state index is 0.0175. The molecule has 1 heterocycles. The van der Waals surface area contributed by atoms with E-state index in [2.05, 4.69) is 26.8 Å². The van der Waals surface area contributed by atoms with Crippen LogP contribution < -0.4 is 4.74 Å². The average molecular weight is 262 g/mol. The predicted octanol–water partition coefficient (Wildman–Crippen LogP) is 3.44. The Balaban J connectivity index is 2.51. The Morgan fingerprint density at radius 3 is 2.68 bits per heavy atom. The Labute approximate surface area is 114 Å². The molecule has 1 aliphatic rings. The third-order valence-corrected chi connectivity index (χ3v) is 4.15. The fraction of sp³-hybridized carbons (Fsp3) is 0.562. The normalized spacial score (nSPS) is 19.6. The number of carbonyl (C=O) groups excluding carboxylic acids is 1. The molecule has 0 amide bonds. The first kappa shape index (κ1) is 13.9. The van der Waals surface area contributed by atoms with Crippen molar-refractivity contribution in [3.05, 3.63) is 28.3 Å². The molecule has 3 heteroatoms. The molecule has 0 saturated heterocycles. The molecule has 0 bridgehead atoms. The van der Waals surface area contributed by atoms with Gasteiger partial charge in [-0.1, -0.05) is 26.3 Å². The highest BCUT2D eigenvalue weighted by Gasteiger charge is 2.33. The van der Waals surface area contributed by atoms with Gasteiger partial charge in [-0.15, -0.1) is 0 Å². The van der Waals surface area contributed by atoms with Gasteiger partial charge in [0.1, 0.15) is 17.4 Å². The molecule has 2 unspecified atom stereocenters. The fourth-order valence-electron chi connectivity index (χ4n) is 2.77. The smallest absolute Gasteiger partial charge is 0.342 e. The number of rotatable bonds is 3. The van der Waals surface area contributed by atoms with E-state index in [0.29, 0.717) is 17.2 Å². The van der Waals surface area contributed by atoms with E-state index in [-0.39, 0.29) is 12.1 Å². The van der Waals surface area contributed by atoms with Gasteiger partial charge in [-0.2, -0.15) is 0 Å². The quantitative estimate of drug-likeness (QED) is 0.783. The van der Waals surface area contributed by atoms with Gasteiger partial charge in [0.15, 0.2) is 0 Å². The SMILES string of the molecule is CCC(C)C1Cc2c(C)cc(C)c(OC)c2C(=O)O1. The third kappa shape index (κ3) is 2.34. The van der Waals surface area contributed by atoms with E-state index in [9.17, 15) is 4.79 Å². The van der Waals surface area contributed by atoms with Gasteiger partial charge in [-0.3, -0.25) is 0 Å². The van der Waals surface area contributed by atoms with Crippen LogP contribution >= 0.6 is 0 Å². The van der Waals surface area contributed by atoms with Gasteiger partial charge in [0.2, 0.25) is 0 Å². The van der Waals surface area contributed by atoms with E-state index in [4.69, 9.17) is 9.47 Å². The summed E-state index contributed by atoms with van der Waals surface area (Å²) in [5, 5.41) is 0. The van der Waals surface area contributed by atoms with Crippen molar-refractivity contribution in [2.75, 3.05) is 7.11 Å². The number of hydrogen-bond acceptors (Lipinski definition) is 3. The molecule has 1 aromatic carbocycles. The summed E-state index contributed by atoms with van der Waals surface area (Å²) < 4.78 is 11.0. The molecule has 1 aromatic rings. The zero-order chi connectivity index (χ0) is 14.2. The van der Waals surface area contributed by atoms with Crippen molar-refractivity contribution in [1.82, 2.24) is 0 Å². The molecule has 0 spiro atoms. The molecule has 0 N–H and O–H groups in total. The number of hydrogen-bond donors (Lipinski definition) is 0. The number of ether oxygens (including phenoxy) is 2. The molecule has 2 atom stereocenters. The number of methoxy groups -OCH3 is 1. The number of carbonyl (C=O) groups is 1. The van der Waals surface area contributed by atoms with Crippen LogP contribution in [0.25, 0.3) is 0 Å². The maximum Gasteiger partial charge on any atom is 0.342 e. The molecule has 1 aliphatic heterocycles. The van der Waals surface area contributed by atoms with Crippen molar-refractivity contribution in [2.24, 2.45) is 5.92 Å². The maximum absolute atomic E-state index is 12.3. The van der Waals surface area contributed by atoms with Crippen LogP contribution in [0.2, 0.25) is 0 Å². The van der Waals surface area contributed by atoms with E-state index in [0.717, 1.165) is 29.5 Å². The minimum atomic E-state index is -0.241. The highest BCUT2D eigenvalue weighted by atomic mass is 16.5. The first-order chi connectivity index (χ1) is 8.99. The van der Waals surface area contributed by atoms with Gasteiger partial charge in [0.25, 0.3) is 0 Å². The Hall–Kier alpha value is -1.51. The van der Waals surface area contributed by atoms with Crippen LogP contribution in [0.15, 0.2) is 6.07 Å². The molecule has 19 heavy (non-hydrogen) atoms. The molecule has 3 nitrogen and oxygen atoms in total. The van der Waals surface area contributed by atoms with Gasteiger partial charge in [0.05, 0.1) is 7.11 Å². The number of esters is 1. The number of benzene rings is 1. The van der Waals surface area contributed by atoms with Crippen LogP contribution in [0.3, 0.4) is 0 Å². The lowest BCUT2D eigenvalue weighted by Gasteiger charge is -2.31. The molecule has 0 aliphatic carbocycles. The Bertz CT molecular complexity index is 505. The summed E-state index contributed by atoms with van der Waals surface area (Å²) in [5.74, 6) is 0.798. The second-order valence-corrected chi connectivity index (χ2v) is 5.43. The molecular formula is C16H22O3. The predicted molar refractivity (Wildman–Crippen MR) is 74.8 cm³/mol. The summed E-state index contributed by atoms with van der Waals surface area (Å²) in [6.45, 7) is 8.26. The van der Waals surface area contributed by atoms with E-state index >= 15 is 0 Å². The summed E-state index contributed by atoms with van der Waals surface area (Å²) in [4.78, 5) is 12.3. The van der Waals surface area contributed by atoms with Crippen LogP contribution in [0.1, 0.15) is 47.3 Å². The molecule has 2 rings (SSSR count). The lowest BCUT2D eigenvalue weighted by molar-refractivity contribution is 0.0102. The van der Waals surface area contributed by atoms with Crippen LogP contribution in [0, 0.1) is 19.8 Å². The first-order valence-corrected chi connectivity index (χ1v) is 6.87. The number of fused-ring (bicyclic) bond motifs is 1. The van der Waals surface area contributed by atoms with Crippen LogP contribution in [0.4, 0.5) is 0 Å². The Morgan fingerprint density at radius 2 is 2.11 bits per heavy atom. The molecule has 0 saturated carbocycles. The topological polar surface area (TPSA) is 35.5 Å². The summed E-state index contributed by atoms with van der Waals surface area (Å²) in [7, 11) is 1.60. The highest BCUT2D eigenvalue weighted by Crippen LogP contribution is 2.36. The molecule has 104 valence electrons. The molecular weight excluding hydrogens is 240 g/mol. The Morgan fingerprint density at radius 1 is 1.42 bits per heavy atom. The second kappa shape index (κ2) is 5.24.